The lowest BCUT2D eigenvalue weighted by molar-refractivity contribution is -0.168. The number of ether oxygens (including phenoxy) is 2. The Labute approximate surface area is 177 Å². The lowest BCUT2D eigenvalue weighted by Gasteiger charge is -2.27. The van der Waals surface area contributed by atoms with Gasteiger partial charge in [0, 0.05) is 0 Å². The Balaban J connectivity index is 2.54. The quantitative estimate of drug-likeness (QED) is 0.142. The minimum Gasteiger partial charge on any atom is -0.465 e. The average molecular weight is 405 g/mol. The van der Waals surface area contributed by atoms with Gasteiger partial charge in [0.2, 0.25) is 0 Å². The number of hydrogen-bond acceptors (Lipinski definition) is 4. The summed E-state index contributed by atoms with van der Waals surface area (Å²) in [5.74, 6) is -0.434. The van der Waals surface area contributed by atoms with Gasteiger partial charge in [0.15, 0.2) is 5.41 Å². The van der Waals surface area contributed by atoms with Gasteiger partial charge in [0.1, 0.15) is 5.75 Å². The van der Waals surface area contributed by atoms with Gasteiger partial charge in [0.05, 0.1) is 6.61 Å². The van der Waals surface area contributed by atoms with Crippen LogP contribution in [0.3, 0.4) is 0 Å². The van der Waals surface area contributed by atoms with Crippen LogP contribution in [0.15, 0.2) is 24.3 Å². The van der Waals surface area contributed by atoms with Crippen molar-refractivity contribution in [1.29, 1.82) is 0 Å². The van der Waals surface area contributed by atoms with Gasteiger partial charge in [-0.25, -0.2) is 0 Å². The molecule has 0 saturated carbocycles. The van der Waals surface area contributed by atoms with Gasteiger partial charge in [-0.2, -0.15) is 0 Å². The summed E-state index contributed by atoms with van der Waals surface area (Å²) in [7, 11) is 0. The summed E-state index contributed by atoms with van der Waals surface area (Å²) in [5, 5.41) is 0. The molecule has 0 aromatic heterocycles. The minimum atomic E-state index is -1.24. The molecule has 4 heteroatoms. The molecule has 164 valence electrons. The van der Waals surface area contributed by atoms with Crippen LogP contribution in [0.25, 0.3) is 0 Å². The molecule has 0 radical (unpaired) electrons. The largest absolute Gasteiger partial charge is 0.465 e. The van der Waals surface area contributed by atoms with E-state index in [-0.39, 0.29) is 0 Å². The molecule has 0 heterocycles. The van der Waals surface area contributed by atoms with Crippen molar-refractivity contribution in [2.24, 2.45) is 5.41 Å². The highest BCUT2D eigenvalue weighted by molar-refractivity contribution is 6.00. The number of esters is 2. The van der Waals surface area contributed by atoms with E-state index in [1.54, 1.807) is 6.07 Å². The van der Waals surface area contributed by atoms with E-state index in [4.69, 9.17) is 9.47 Å². The summed E-state index contributed by atoms with van der Waals surface area (Å²) in [6.45, 7) is 8.29. The molecule has 0 aliphatic rings. The summed E-state index contributed by atoms with van der Waals surface area (Å²) in [6, 6.07) is 7.46. The molecule has 0 aliphatic heterocycles. The Hall–Kier alpha value is -1.84. The number of benzene rings is 1. The Kier molecular flexibility index (Phi) is 12.3. The van der Waals surface area contributed by atoms with E-state index < -0.39 is 17.4 Å². The second-order valence-electron chi connectivity index (χ2n) is 7.75. The van der Waals surface area contributed by atoms with Gasteiger partial charge in [-0.1, -0.05) is 90.8 Å². The van der Waals surface area contributed by atoms with E-state index in [1.807, 2.05) is 39.0 Å². The molecular formula is C25H40O4. The second kappa shape index (κ2) is 14.2. The fourth-order valence-corrected chi connectivity index (χ4v) is 3.54. The molecule has 1 aromatic rings. The van der Waals surface area contributed by atoms with E-state index in [1.165, 1.54) is 38.5 Å². The first-order valence-electron chi connectivity index (χ1n) is 11.5. The number of aryl methyl sites for hydroxylation is 1. The zero-order valence-corrected chi connectivity index (χ0v) is 18.9. The smallest absolute Gasteiger partial charge is 0.328 e. The van der Waals surface area contributed by atoms with Crippen LogP contribution in [0.2, 0.25) is 0 Å². The van der Waals surface area contributed by atoms with Crippen LogP contribution in [-0.2, 0) is 20.7 Å². The highest BCUT2D eigenvalue weighted by atomic mass is 16.6. The summed E-state index contributed by atoms with van der Waals surface area (Å²) in [5.41, 5.74) is -0.282. The predicted molar refractivity (Wildman–Crippen MR) is 118 cm³/mol. The molecule has 0 saturated heterocycles. The number of carbonyl (C=O) groups is 2. The van der Waals surface area contributed by atoms with Gasteiger partial charge >= 0.3 is 11.9 Å². The van der Waals surface area contributed by atoms with Crippen molar-refractivity contribution in [2.45, 2.75) is 98.3 Å². The second-order valence-corrected chi connectivity index (χ2v) is 7.75. The van der Waals surface area contributed by atoms with Crippen LogP contribution in [0, 0.1) is 5.41 Å². The molecule has 1 aromatic carbocycles. The van der Waals surface area contributed by atoms with Crippen LogP contribution in [0.5, 0.6) is 5.75 Å². The first-order chi connectivity index (χ1) is 14.1. The maximum atomic E-state index is 12.9. The van der Waals surface area contributed by atoms with Gasteiger partial charge in [-0.3, -0.25) is 9.59 Å². The van der Waals surface area contributed by atoms with Crippen molar-refractivity contribution in [3.05, 3.63) is 29.8 Å². The predicted octanol–water partition coefficient (Wildman–Crippen LogP) is 6.64. The molecule has 4 nitrogen and oxygen atoms in total. The Bertz CT molecular complexity index is 605. The van der Waals surface area contributed by atoms with Crippen molar-refractivity contribution in [3.63, 3.8) is 0 Å². The molecule has 0 unspecified atom stereocenters. The fraction of sp³-hybridized carbons (Fsp3) is 0.680. The van der Waals surface area contributed by atoms with Crippen molar-refractivity contribution < 1.29 is 19.1 Å². The van der Waals surface area contributed by atoms with Crippen molar-refractivity contribution in [2.75, 3.05) is 6.61 Å². The highest BCUT2D eigenvalue weighted by Crippen LogP contribution is 2.32. The van der Waals surface area contributed by atoms with E-state index >= 15 is 0 Å². The van der Waals surface area contributed by atoms with Crippen molar-refractivity contribution >= 4 is 11.9 Å². The first kappa shape index (κ1) is 25.2. The monoisotopic (exact) mass is 404 g/mol. The van der Waals surface area contributed by atoms with Crippen molar-refractivity contribution in [1.82, 2.24) is 0 Å². The van der Waals surface area contributed by atoms with E-state index in [0.717, 1.165) is 24.8 Å². The van der Waals surface area contributed by atoms with Gasteiger partial charge < -0.3 is 9.47 Å². The lowest BCUT2D eigenvalue weighted by Crippen LogP contribution is -2.42. The van der Waals surface area contributed by atoms with Crippen LogP contribution in [0.4, 0.5) is 0 Å². The zero-order chi connectivity index (χ0) is 21.5. The number of hydrogen-bond donors (Lipinski definition) is 0. The standard InChI is InChI=1S/C25H40O4/c1-5-9-10-11-12-13-14-17-20-28-23(26)25(7-3,8-4)24(27)29-22-19-16-15-18-21(22)6-2/h15-16,18-19H,5-14,17,20H2,1-4H3. The topological polar surface area (TPSA) is 52.6 Å². The molecule has 0 aliphatic carbocycles. The number of carbonyl (C=O) groups excluding carboxylic acids is 2. The SMILES string of the molecule is CCCCCCCCCCOC(=O)C(CC)(CC)C(=O)Oc1ccccc1CC. The summed E-state index contributed by atoms with van der Waals surface area (Å²) >= 11 is 0. The first-order valence-corrected chi connectivity index (χ1v) is 11.5. The zero-order valence-electron chi connectivity index (χ0n) is 18.9. The van der Waals surface area contributed by atoms with Gasteiger partial charge in [-0.05, 0) is 37.3 Å². The molecule has 0 bridgehead atoms. The average Bonchev–Trinajstić information content (AvgIpc) is 2.74. The molecule has 0 amide bonds. The molecule has 0 N–H and O–H groups in total. The third-order valence-corrected chi connectivity index (χ3v) is 5.78. The third kappa shape index (κ3) is 7.83. The number of unbranched alkanes of at least 4 members (excludes halogenated alkanes) is 7. The van der Waals surface area contributed by atoms with Crippen LogP contribution in [-0.4, -0.2) is 18.5 Å². The molecule has 0 fully saturated rings. The lowest BCUT2D eigenvalue weighted by atomic mass is 9.82. The van der Waals surface area contributed by atoms with E-state index in [0.29, 0.717) is 25.2 Å². The van der Waals surface area contributed by atoms with Gasteiger partial charge in [0.25, 0.3) is 0 Å². The Morgan fingerprint density at radius 1 is 0.793 bits per heavy atom. The van der Waals surface area contributed by atoms with Crippen LogP contribution in [0.1, 0.15) is 97.5 Å². The minimum absolute atomic E-state index is 0.368. The summed E-state index contributed by atoms with van der Waals surface area (Å²) < 4.78 is 11.2. The van der Waals surface area contributed by atoms with Crippen LogP contribution >= 0.6 is 0 Å². The van der Waals surface area contributed by atoms with E-state index in [9.17, 15) is 9.59 Å². The fourth-order valence-electron chi connectivity index (χ4n) is 3.54. The molecular weight excluding hydrogens is 364 g/mol. The van der Waals surface area contributed by atoms with Crippen molar-refractivity contribution in [3.8, 4) is 5.75 Å². The molecule has 1 rings (SSSR count). The summed E-state index contributed by atoms with van der Waals surface area (Å²) in [4.78, 5) is 25.7. The van der Waals surface area contributed by atoms with E-state index in [2.05, 4.69) is 6.92 Å². The maximum Gasteiger partial charge on any atom is 0.328 e. The molecule has 0 spiro atoms. The highest BCUT2D eigenvalue weighted by Gasteiger charge is 2.46. The Morgan fingerprint density at radius 3 is 1.97 bits per heavy atom. The number of rotatable bonds is 15. The third-order valence-electron chi connectivity index (χ3n) is 5.78. The molecule has 0 atom stereocenters. The summed E-state index contributed by atoms with van der Waals surface area (Å²) in [6.07, 6.45) is 11.0. The molecule has 29 heavy (non-hydrogen) atoms. The normalized spacial score (nSPS) is 11.3. The number of para-hydroxylation sites is 1. The Morgan fingerprint density at radius 2 is 1.38 bits per heavy atom. The maximum absolute atomic E-state index is 12.9. The van der Waals surface area contributed by atoms with Gasteiger partial charge in [-0.15, -0.1) is 0 Å². The van der Waals surface area contributed by atoms with Crippen LogP contribution < -0.4 is 4.74 Å².